The molecule has 6 atom stereocenters. The van der Waals surface area contributed by atoms with Crippen molar-refractivity contribution in [1.29, 1.82) is 0 Å². The van der Waals surface area contributed by atoms with Crippen molar-refractivity contribution in [2.24, 2.45) is 36.1 Å². The summed E-state index contributed by atoms with van der Waals surface area (Å²) in [5.74, 6) is -3.93. The number of aliphatic hydroxyl groups excluding tert-OH is 1. The van der Waals surface area contributed by atoms with Crippen molar-refractivity contribution in [2.45, 2.75) is 32.6 Å². The average Bonchev–Trinajstić information content (AvgIpc) is 3.84. The maximum Gasteiger partial charge on any atom is 0.242 e. The van der Waals surface area contributed by atoms with E-state index < -0.39 is 35.0 Å². The number of nitrogens with zero attached hydrogens (tertiary/aromatic N) is 4. The van der Waals surface area contributed by atoms with Crippen LogP contribution in [0.25, 0.3) is 20.7 Å². The van der Waals surface area contributed by atoms with Gasteiger partial charge in [-0.3, -0.25) is 28.8 Å². The van der Waals surface area contributed by atoms with Crippen molar-refractivity contribution in [1.82, 2.24) is 9.78 Å². The lowest BCUT2D eigenvalue weighted by Gasteiger charge is -2.49. The summed E-state index contributed by atoms with van der Waals surface area (Å²) >= 11 is 14.0. The number of carbonyl (C=O) groups is 4. The van der Waals surface area contributed by atoms with E-state index in [1.807, 2.05) is 56.3 Å². The van der Waals surface area contributed by atoms with Crippen LogP contribution in [0.2, 0.25) is 10.0 Å². The molecule has 0 radical (unpaired) electrons. The molecule has 55 heavy (non-hydrogen) atoms. The first-order chi connectivity index (χ1) is 26.4. The van der Waals surface area contributed by atoms with Gasteiger partial charge in [-0.25, -0.2) is 4.90 Å². The molecule has 3 fully saturated rings. The molecule has 3 aromatic carbocycles. The van der Waals surface area contributed by atoms with Crippen LogP contribution in [0.1, 0.15) is 36.8 Å². The minimum atomic E-state index is -1.29. The van der Waals surface area contributed by atoms with Gasteiger partial charge in [0.2, 0.25) is 23.6 Å². The third kappa shape index (κ3) is 5.27. The third-order valence-corrected chi connectivity index (χ3v) is 13.9. The van der Waals surface area contributed by atoms with Crippen LogP contribution in [0.4, 0.5) is 11.5 Å². The summed E-state index contributed by atoms with van der Waals surface area (Å²) in [6.07, 6.45) is 2.52. The molecule has 5 aromatic rings. The second-order valence-corrected chi connectivity index (χ2v) is 16.9. The van der Waals surface area contributed by atoms with E-state index in [1.165, 1.54) is 9.80 Å². The predicted octanol–water partition coefficient (Wildman–Crippen LogP) is 7.72. The molecule has 1 N–H and O–H groups in total. The number of carbonyl (C=O) groups excluding carboxylic acids is 4. The van der Waals surface area contributed by atoms with Crippen LogP contribution in [-0.4, -0.2) is 51.7 Å². The Labute approximate surface area is 330 Å². The number of ether oxygens (including phenoxy) is 1. The first kappa shape index (κ1) is 35.9. The molecule has 2 aromatic heterocycles. The first-order valence-electron chi connectivity index (χ1n) is 18.2. The van der Waals surface area contributed by atoms with Gasteiger partial charge in [-0.15, -0.1) is 11.3 Å². The minimum absolute atomic E-state index is 0.0280. The van der Waals surface area contributed by atoms with Gasteiger partial charge in [0.25, 0.3) is 0 Å². The molecule has 280 valence electrons. The van der Waals surface area contributed by atoms with Crippen LogP contribution < -0.4 is 14.5 Å². The number of aliphatic hydroxyl groups is 1. The monoisotopic (exact) mass is 794 g/mol. The molecule has 2 saturated heterocycles. The van der Waals surface area contributed by atoms with Crippen molar-refractivity contribution < 1.29 is 29.0 Å². The third-order valence-electron chi connectivity index (χ3n) is 12.2. The van der Waals surface area contributed by atoms with Gasteiger partial charge < -0.3 is 9.84 Å². The number of imide groups is 2. The van der Waals surface area contributed by atoms with Gasteiger partial charge in [-0.1, -0.05) is 53.1 Å². The summed E-state index contributed by atoms with van der Waals surface area (Å²) in [5, 5.41) is 16.6. The Balaban J connectivity index is 1.16. The Morgan fingerprint density at radius 1 is 0.927 bits per heavy atom. The fraction of sp³-hybridized carbons (Fsp3) is 0.310. The van der Waals surface area contributed by atoms with Gasteiger partial charge in [0.05, 0.1) is 40.3 Å². The molecular weight excluding hydrogens is 759 g/mol. The molecule has 0 unspecified atom stereocenters. The molecule has 10 nitrogen and oxygen atoms in total. The number of allylic oxidation sites excluding steroid dienone is 2. The van der Waals surface area contributed by atoms with Gasteiger partial charge in [0.15, 0.2) is 0 Å². The quantitative estimate of drug-likeness (QED) is 0.132. The number of para-hydroxylation sites is 1. The van der Waals surface area contributed by atoms with E-state index in [0.29, 0.717) is 45.0 Å². The average molecular weight is 796 g/mol. The van der Waals surface area contributed by atoms with Crippen LogP contribution in [-0.2, 0) is 26.2 Å². The number of rotatable bonds is 7. The lowest BCUT2D eigenvalue weighted by Crippen LogP contribution is -2.49. The molecular formula is C42H36Cl2N4O6S. The molecule has 4 aliphatic rings. The highest BCUT2D eigenvalue weighted by molar-refractivity contribution is 7.22. The molecule has 4 amide bonds. The smallest absolute Gasteiger partial charge is 0.242 e. The largest absolute Gasteiger partial charge is 0.491 e. The number of fused-ring (bicyclic) bond motifs is 5. The highest BCUT2D eigenvalue weighted by atomic mass is 35.5. The van der Waals surface area contributed by atoms with E-state index in [9.17, 15) is 19.5 Å². The normalized spacial score (nSPS) is 26.1. The lowest BCUT2D eigenvalue weighted by atomic mass is 9.51. The minimum Gasteiger partial charge on any atom is -0.491 e. The number of anilines is 2. The second kappa shape index (κ2) is 13.2. The van der Waals surface area contributed by atoms with E-state index in [4.69, 9.17) is 33.0 Å². The predicted molar refractivity (Wildman–Crippen MR) is 211 cm³/mol. The molecule has 2 aliphatic heterocycles. The number of benzene rings is 3. The van der Waals surface area contributed by atoms with Crippen LogP contribution in [0.15, 0.2) is 84.4 Å². The van der Waals surface area contributed by atoms with Crippen LogP contribution >= 0.6 is 34.5 Å². The molecule has 1 saturated carbocycles. The zero-order valence-corrected chi connectivity index (χ0v) is 32.5. The summed E-state index contributed by atoms with van der Waals surface area (Å²) in [7, 11) is 1.72. The Bertz CT molecular complexity index is 2490. The Morgan fingerprint density at radius 3 is 2.44 bits per heavy atom. The highest BCUT2D eigenvalue weighted by Gasteiger charge is 2.68. The zero-order chi connectivity index (χ0) is 38.5. The van der Waals surface area contributed by atoms with E-state index in [-0.39, 0.29) is 43.3 Å². The maximum absolute atomic E-state index is 15.2. The number of aryl methyl sites for hydroxylation is 2. The lowest BCUT2D eigenvalue weighted by molar-refractivity contribution is -0.131. The fourth-order valence-corrected chi connectivity index (χ4v) is 11.1. The summed E-state index contributed by atoms with van der Waals surface area (Å²) in [5.41, 5.74) is 2.30. The van der Waals surface area contributed by atoms with Gasteiger partial charge in [-0.05, 0) is 92.1 Å². The molecule has 13 heteroatoms. The standard InChI is InChI=1S/C42H36Cl2N4O6S/c1-21-28-18-23(44)10-15-33(28)55-37(21)31-20-34(46(3)45-31)48-39(51)30-19-29-25(36(42(30,2)41(48)53)26-6-4-5-7-32(26)54-17-16-49)13-14-27-35(29)40(52)47(38(27)50)24-11-8-22(43)9-12-24/h4-13,15,18,20,27,29-30,35-36,49H,14,16-17,19H2,1-3H3/t27-,29+,30-,35-,36+,42+/m0/s1. The van der Waals surface area contributed by atoms with Gasteiger partial charge in [-0.2, -0.15) is 5.10 Å². The fourth-order valence-electron chi connectivity index (χ4n) is 9.64. The van der Waals surface area contributed by atoms with Gasteiger partial charge in [0.1, 0.15) is 23.9 Å². The Hall–Kier alpha value is -4.81. The van der Waals surface area contributed by atoms with Crippen molar-refractivity contribution in [2.75, 3.05) is 23.0 Å². The molecule has 9 rings (SSSR count). The van der Waals surface area contributed by atoms with Crippen LogP contribution in [0.3, 0.4) is 0 Å². The van der Waals surface area contributed by atoms with E-state index in [0.717, 1.165) is 26.1 Å². The van der Waals surface area contributed by atoms with E-state index in [2.05, 4.69) is 0 Å². The van der Waals surface area contributed by atoms with Gasteiger partial charge >= 0.3 is 0 Å². The summed E-state index contributed by atoms with van der Waals surface area (Å²) < 4.78 is 8.68. The number of halogens is 2. The topological polar surface area (TPSA) is 122 Å². The highest BCUT2D eigenvalue weighted by Crippen LogP contribution is 2.64. The van der Waals surface area contributed by atoms with Gasteiger partial charge in [0, 0.05) is 39.3 Å². The van der Waals surface area contributed by atoms with Crippen LogP contribution in [0, 0.1) is 36.0 Å². The van der Waals surface area contributed by atoms with Crippen molar-refractivity contribution in [3.05, 3.63) is 106 Å². The van der Waals surface area contributed by atoms with Crippen molar-refractivity contribution >= 4 is 79.8 Å². The zero-order valence-electron chi connectivity index (χ0n) is 30.2. The van der Waals surface area contributed by atoms with Crippen molar-refractivity contribution in [3.63, 3.8) is 0 Å². The van der Waals surface area contributed by atoms with Crippen LogP contribution in [0.5, 0.6) is 5.75 Å². The summed E-state index contributed by atoms with van der Waals surface area (Å²) in [4.78, 5) is 62.0. The second-order valence-electron chi connectivity index (χ2n) is 15.0. The first-order valence-corrected chi connectivity index (χ1v) is 19.8. The number of aromatic nitrogens is 2. The van der Waals surface area contributed by atoms with Crippen molar-refractivity contribution in [3.8, 4) is 16.3 Å². The number of thiophene rings is 1. The number of hydrogen-bond donors (Lipinski definition) is 1. The Morgan fingerprint density at radius 2 is 1.67 bits per heavy atom. The van der Waals surface area contributed by atoms with E-state index >= 15 is 4.79 Å². The molecule has 2 aliphatic carbocycles. The maximum atomic E-state index is 15.2. The summed E-state index contributed by atoms with van der Waals surface area (Å²) in [6, 6.07) is 21.5. The molecule has 4 heterocycles. The number of amides is 4. The SMILES string of the molecule is Cc1c(-c2cc(N3C(=O)[C@@H]4C[C@@H]5C(=CC[C@@H]6C(=O)N(c7ccc(Cl)cc7)C(=O)[C@@H]65)[C@H](c5ccccc5OCCO)[C@]4(C)C3=O)n(C)n2)sc2ccc(Cl)cc12. The molecule has 0 bridgehead atoms. The Kier molecular flexibility index (Phi) is 8.58. The number of hydrogen-bond acceptors (Lipinski definition) is 8. The van der Waals surface area contributed by atoms with E-state index in [1.54, 1.807) is 59.5 Å². The molecule has 0 spiro atoms. The summed E-state index contributed by atoms with van der Waals surface area (Å²) in [6.45, 7) is 3.66.